The van der Waals surface area contributed by atoms with Crippen molar-refractivity contribution in [2.45, 2.75) is 65.7 Å². The lowest BCUT2D eigenvalue weighted by Gasteiger charge is -2.14. The van der Waals surface area contributed by atoms with Crippen LogP contribution >= 0.6 is 0 Å². The Bertz CT molecular complexity index is 741. The minimum absolute atomic E-state index is 0.252. The first-order chi connectivity index (χ1) is 13.9. The Kier molecular flexibility index (Phi) is 11.4. The zero-order chi connectivity index (χ0) is 21.6. The summed E-state index contributed by atoms with van der Waals surface area (Å²) in [5.74, 6) is -1.42. The molecule has 0 aliphatic rings. The van der Waals surface area contributed by atoms with Gasteiger partial charge in [-0.2, -0.15) is 0 Å². The molecule has 0 heterocycles. The largest absolute Gasteiger partial charge is 0.478 e. The molecule has 0 saturated carbocycles. The topological polar surface area (TPSA) is 74.6 Å². The Labute approximate surface area is 174 Å². The Balaban J connectivity index is 3.22. The summed E-state index contributed by atoms with van der Waals surface area (Å²) < 4.78 is 0. The number of carbonyl (C=O) groups is 2. The first-order valence-corrected chi connectivity index (χ1v) is 10.6. The SMILES string of the molecule is CCCCC(CC)CCC(=CC(=Cc1ccccc1)C=C(CC)C(=O)O)C(=O)O. The van der Waals surface area contributed by atoms with E-state index in [-0.39, 0.29) is 5.57 Å². The first-order valence-electron chi connectivity index (χ1n) is 10.6. The van der Waals surface area contributed by atoms with Crippen molar-refractivity contribution >= 4 is 18.0 Å². The van der Waals surface area contributed by atoms with Gasteiger partial charge in [-0.15, -0.1) is 0 Å². The zero-order valence-corrected chi connectivity index (χ0v) is 17.9. The second-order valence-electron chi connectivity index (χ2n) is 7.31. The van der Waals surface area contributed by atoms with E-state index in [9.17, 15) is 19.8 Å². The standard InChI is InChI=1S/C25H34O4/c1-4-7-11-19(5-2)14-15-23(25(28)29)18-21(17-22(6-3)24(26)27)16-20-12-9-8-10-13-20/h8-10,12-13,16-19H,4-7,11,14-15H2,1-3H3,(H,26,27)(H,28,29). The van der Waals surface area contributed by atoms with Gasteiger partial charge >= 0.3 is 11.9 Å². The molecule has 1 aromatic rings. The molecular formula is C25H34O4. The van der Waals surface area contributed by atoms with E-state index >= 15 is 0 Å². The van der Waals surface area contributed by atoms with Crippen LogP contribution < -0.4 is 0 Å². The second kappa shape index (κ2) is 13.5. The van der Waals surface area contributed by atoms with Gasteiger partial charge in [0.05, 0.1) is 0 Å². The molecule has 1 aromatic carbocycles. The number of rotatable bonds is 13. The molecule has 0 saturated heterocycles. The van der Waals surface area contributed by atoms with Gasteiger partial charge in [-0.05, 0) is 54.5 Å². The van der Waals surface area contributed by atoms with Crippen molar-refractivity contribution in [3.05, 3.63) is 64.8 Å². The average Bonchev–Trinajstić information content (AvgIpc) is 2.71. The fourth-order valence-corrected chi connectivity index (χ4v) is 3.23. The lowest BCUT2D eigenvalue weighted by molar-refractivity contribution is -0.133. The van der Waals surface area contributed by atoms with E-state index in [2.05, 4.69) is 13.8 Å². The summed E-state index contributed by atoms with van der Waals surface area (Å²) in [5.41, 5.74) is 2.06. The van der Waals surface area contributed by atoms with Crippen molar-refractivity contribution in [1.29, 1.82) is 0 Å². The third kappa shape index (κ3) is 9.42. The van der Waals surface area contributed by atoms with Crippen LogP contribution in [0.3, 0.4) is 0 Å². The van der Waals surface area contributed by atoms with Crippen molar-refractivity contribution in [3.63, 3.8) is 0 Å². The van der Waals surface area contributed by atoms with Crippen molar-refractivity contribution in [3.8, 4) is 0 Å². The molecule has 0 fully saturated rings. The normalized spacial score (nSPS) is 14.0. The molecule has 0 aromatic heterocycles. The molecule has 0 bridgehead atoms. The fraction of sp³-hybridized carbons (Fsp3) is 0.440. The highest BCUT2D eigenvalue weighted by Crippen LogP contribution is 2.23. The van der Waals surface area contributed by atoms with Crippen LogP contribution in [0.5, 0.6) is 0 Å². The average molecular weight is 399 g/mol. The molecule has 29 heavy (non-hydrogen) atoms. The molecule has 158 valence electrons. The zero-order valence-electron chi connectivity index (χ0n) is 17.9. The molecule has 0 amide bonds. The van der Waals surface area contributed by atoms with E-state index in [0.29, 0.717) is 29.9 Å². The molecule has 2 N–H and O–H groups in total. The van der Waals surface area contributed by atoms with Crippen LogP contribution in [0.25, 0.3) is 6.08 Å². The van der Waals surface area contributed by atoms with Crippen LogP contribution in [-0.4, -0.2) is 22.2 Å². The summed E-state index contributed by atoms with van der Waals surface area (Å²) in [6, 6.07) is 9.51. The highest BCUT2D eigenvalue weighted by molar-refractivity contribution is 5.90. The Morgan fingerprint density at radius 1 is 0.931 bits per heavy atom. The maximum Gasteiger partial charge on any atom is 0.331 e. The quantitative estimate of drug-likeness (QED) is 0.294. The number of aliphatic carboxylic acids is 2. The summed E-state index contributed by atoms with van der Waals surface area (Å²) in [4.78, 5) is 23.3. The van der Waals surface area contributed by atoms with Gasteiger partial charge < -0.3 is 10.2 Å². The summed E-state index contributed by atoms with van der Waals surface area (Å²) in [6.45, 7) is 6.09. The summed E-state index contributed by atoms with van der Waals surface area (Å²) in [6.07, 6.45) is 11.2. The number of allylic oxidation sites excluding steroid dienone is 3. The third-order valence-electron chi connectivity index (χ3n) is 5.11. The number of carboxylic acid groups (broad SMARTS) is 2. The summed E-state index contributed by atoms with van der Waals surface area (Å²) >= 11 is 0. The van der Waals surface area contributed by atoms with E-state index in [1.165, 1.54) is 0 Å². The molecule has 0 spiro atoms. The predicted molar refractivity (Wildman–Crippen MR) is 119 cm³/mol. The molecular weight excluding hydrogens is 364 g/mol. The molecule has 1 unspecified atom stereocenters. The number of hydrogen-bond donors (Lipinski definition) is 2. The monoisotopic (exact) mass is 398 g/mol. The fourth-order valence-electron chi connectivity index (χ4n) is 3.23. The van der Waals surface area contributed by atoms with Crippen LogP contribution in [0.15, 0.2) is 59.2 Å². The van der Waals surface area contributed by atoms with E-state index in [0.717, 1.165) is 37.7 Å². The van der Waals surface area contributed by atoms with Gasteiger partial charge in [-0.1, -0.05) is 76.8 Å². The van der Waals surface area contributed by atoms with Gasteiger partial charge in [0.2, 0.25) is 0 Å². The molecule has 0 aliphatic heterocycles. The second-order valence-corrected chi connectivity index (χ2v) is 7.31. The van der Waals surface area contributed by atoms with E-state index in [1.54, 1.807) is 19.1 Å². The molecule has 1 atom stereocenters. The van der Waals surface area contributed by atoms with Crippen LogP contribution in [0.2, 0.25) is 0 Å². The smallest absolute Gasteiger partial charge is 0.331 e. The minimum atomic E-state index is -0.984. The van der Waals surface area contributed by atoms with Gasteiger partial charge in [0.1, 0.15) is 0 Å². The van der Waals surface area contributed by atoms with Crippen LogP contribution in [0, 0.1) is 5.92 Å². The highest BCUT2D eigenvalue weighted by atomic mass is 16.4. The maximum absolute atomic E-state index is 11.9. The number of unbranched alkanes of at least 4 members (excludes halogenated alkanes) is 1. The minimum Gasteiger partial charge on any atom is -0.478 e. The third-order valence-corrected chi connectivity index (χ3v) is 5.11. The lowest BCUT2D eigenvalue weighted by Crippen LogP contribution is -2.06. The number of hydrogen-bond acceptors (Lipinski definition) is 2. The van der Waals surface area contributed by atoms with Crippen LogP contribution in [-0.2, 0) is 9.59 Å². The summed E-state index contributed by atoms with van der Waals surface area (Å²) in [7, 11) is 0. The molecule has 4 nitrogen and oxygen atoms in total. The van der Waals surface area contributed by atoms with Crippen LogP contribution in [0.4, 0.5) is 0 Å². The molecule has 0 aliphatic carbocycles. The molecule has 0 radical (unpaired) electrons. The van der Waals surface area contributed by atoms with Gasteiger partial charge in [-0.3, -0.25) is 0 Å². The van der Waals surface area contributed by atoms with Crippen molar-refractivity contribution in [2.75, 3.05) is 0 Å². The predicted octanol–water partition coefficient (Wildman–Crippen LogP) is 6.50. The van der Waals surface area contributed by atoms with Crippen molar-refractivity contribution in [2.24, 2.45) is 5.92 Å². The van der Waals surface area contributed by atoms with Crippen molar-refractivity contribution in [1.82, 2.24) is 0 Å². The van der Waals surface area contributed by atoms with Gasteiger partial charge in [0.15, 0.2) is 0 Å². The number of benzene rings is 1. The maximum atomic E-state index is 11.9. The Morgan fingerprint density at radius 2 is 1.55 bits per heavy atom. The Hall–Kier alpha value is -2.62. The number of carboxylic acids is 2. The Morgan fingerprint density at radius 3 is 2.07 bits per heavy atom. The van der Waals surface area contributed by atoms with E-state index in [1.807, 2.05) is 36.4 Å². The lowest BCUT2D eigenvalue weighted by atomic mass is 9.91. The van der Waals surface area contributed by atoms with Gasteiger partial charge in [0.25, 0.3) is 0 Å². The van der Waals surface area contributed by atoms with Gasteiger partial charge in [0, 0.05) is 11.1 Å². The van der Waals surface area contributed by atoms with E-state index in [4.69, 9.17) is 0 Å². The van der Waals surface area contributed by atoms with E-state index < -0.39 is 11.9 Å². The first kappa shape index (κ1) is 24.4. The molecule has 4 heteroatoms. The highest BCUT2D eigenvalue weighted by Gasteiger charge is 2.13. The molecule has 1 rings (SSSR count). The van der Waals surface area contributed by atoms with Gasteiger partial charge in [-0.25, -0.2) is 9.59 Å². The van der Waals surface area contributed by atoms with Crippen molar-refractivity contribution < 1.29 is 19.8 Å². The van der Waals surface area contributed by atoms with Crippen LogP contribution in [0.1, 0.15) is 71.3 Å². The summed E-state index contributed by atoms with van der Waals surface area (Å²) in [5, 5.41) is 19.1.